The smallest absolute Gasteiger partial charge is 0.151 e. The largest absolute Gasteiger partial charge is 0.342 e. The Bertz CT molecular complexity index is 798. The average Bonchev–Trinajstić information content (AvgIpc) is 2.96. The molecule has 5 nitrogen and oxygen atoms in total. The number of likely N-dealkylation sites (tertiary alicyclic amines) is 1. The van der Waals surface area contributed by atoms with Gasteiger partial charge in [0, 0.05) is 24.8 Å². The van der Waals surface area contributed by atoms with Crippen LogP contribution in [0.1, 0.15) is 43.5 Å². The van der Waals surface area contributed by atoms with Crippen molar-refractivity contribution in [3.63, 3.8) is 0 Å². The summed E-state index contributed by atoms with van der Waals surface area (Å²) < 4.78 is 23.9. The molecule has 1 aromatic heterocycles. The normalized spacial score (nSPS) is 19.8. The van der Waals surface area contributed by atoms with Gasteiger partial charge in [-0.15, -0.1) is 0 Å². The number of rotatable bonds is 6. The van der Waals surface area contributed by atoms with Crippen LogP contribution in [-0.2, 0) is 9.84 Å². The Morgan fingerprint density at radius 3 is 2.96 bits per heavy atom. The van der Waals surface area contributed by atoms with E-state index in [4.69, 9.17) is 4.98 Å². The second-order valence-electron chi connectivity index (χ2n) is 6.93. The summed E-state index contributed by atoms with van der Waals surface area (Å²) >= 11 is 0. The molecular formula is C18H27N3O2S. The van der Waals surface area contributed by atoms with Gasteiger partial charge in [-0.2, -0.15) is 0 Å². The fraction of sp³-hybridized carbons (Fsp3) is 0.611. The van der Waals surface area contributed by atoms with Gasteiger partial charge in [0.05, 0.1) is 16.8 Å². The zero-order valence-corrected chi connectivity index (χ0v) is 15.4. The second kappa shape index (κ2) is 7.23. The average molecular weight is 350 g/mol. The Morgan fingerprint density at radius 1 is 1.33 bits per heavy atom. The minimum absolute atomic E-state index is 0.271. The number of hydrogen-bond acceptors (Lipinski definition) is 4. The number of fused-ring (bicyclic) bond motifs is 1. The van der Waals surface area contributed by atoms with E-state index >= 15 is 0 Å². The zero-order valence-electron chi connectivity index (χ0n) is 14.6. The molecule has 0 amide bonds. The summed E-state index contributed by atoms with van der Waals surface area (Å²) in [6.45, 7) is 6.51. The molecular weight excluding hydrogens is 322 g/mol. The lowest BCUT2D eigenvalue weighted by molar-refractivity contribution is 0.215. The number of piperidine rings is 1. The highest BCUT2D eigenvalue weighted by molar-refractivity contribution is 7.91. The number of nitrogens with zero attached hydrogens (tertiary/aromatic N) is 2. The summed E-state index contributed by atoms with van der Waals surface area (Å²) in [4.78, 5) is 10.5. The number of hydrogen-bond donors (Lipinski definition) is 1. The Morgan fingerprint density at radius 2 is 2.17 bits per heavy atom. The third-order valence-electron chi connectivity index (χ3n) is 4.78. The van der Waals surface area contributed by atoms with Gasteiger partial charge in [-0.25, -0.2) is 13.4 Å². The molecule has 0 radical (unpaired) electrons. The molecule has 1 unspecified atom stereocenters. The third kappa shape index (κ3) is 4.16. The minimum Gasteiger partial charge on any atom is -0.342 e. The van der Waals surface area contributed by atoms with Crippen LogP contribution in [0.5, 0.6) is 0 Å². The molecule has 0 aliphatic carbocycles. The van der Waals surface area contributed by atoms with Gasteiger partial charge in [0.1, 0.15) is 5.82 Å². The van der Waals surface area contributed by atoms with Crippen LogP contribution in [0.3, 0.4) is 0 Å². The van der Waals surface area contributed by atoms with Crippen LogP contribution in [0.25, 0.3) is 11.0 Å². The van der Waals surface area contributed by atoms with Crippen molar-refractivity contribution in [1.29, 1.82) is 0 Å². The molecule has 24 heavy (non-hydrogen) atoms. The summed E-state index contributed by atoms with van der Waals surface area (Å²) in [7, 11) is -2.90. The Kier molecular flexibility index (Phi) is 5.25. The lowest BCUT2D eigenvalue weighted by Crippen LogP contribution is -2.38. The van der Waals surface area contributed by atoms with E-state index in [1.165, 1.54) is 5.56 Å². The van der Waals surface area contributed by atoms with Gasteiger partial charge >= 0.3 is 0 Å². The summed E-state index contributed by atoms with van der Waals surface area (Å²) in [6, 6.07) is 6.27. The van der Waals surface area contributed by atoms with E-state index in [0.29, 0.717) is 24.6 Å². The molecule has 1 aliphatic heterocycles. The first-order chi connectivity index (χ1) is 11.5. The van der Waals surface area contributed by atoms with Crippen molar-refractivity contribution >= 4 is 20.9 Å². The van der Waals surface area contributed by atoms with Crippen LogP contribution in [0.15, 0.2) is 18.2 Å². The summed E-state index contributed by atoms with van der Waals surface area (Å²) in [5.74, 6) is 1.97. The van der Waals surface area contributed by atoms with Gasteiger partial charge in [0.25, 0.3) is 0 Å². The lowest BCUT2D eigenvalue weighted by Gasteiger charge is -2.31. The van der Waals surface area contributed by atoms with Gasteiger partial charge in [0.15, 0.2) is 9.84 Å². The molecule has 0 saturated carbocycles. The van der Waals surface area contributed by atoms with Crippen LogP contribution < -0.4 is 0 Å². The van der Waals surface area contributed by atoms with Crippen molar-refractivity contribution in [2.75, 3.05) is 31.1 Å². The highest BCUT2D eigenvalue weighted by Gasteiger charge is 2.24. The van der Waals surface area contributed by atoms with Crippen LogP contribution >= 0.6 is 0 Å². The fourth-order valence-electron chi connectivity index (χ4n) is 3.50. The van der Waals surface area contributed by atoms with E-state index in [0.717, 1.165) is 42.8 Å². The van der Waals surface area contributed by atoms with Gasteiger partial charge in [0.2, 0.25) is 0 Å². The van der Waals surface area contributed by atoms with Crippen LogP contribution in [0.2, 0.25) is 0 Å². The summed E-state index contributed by atoms with van der Waals surface area (Å²) in [5.41, 5.74) is 3.33. The SMILES string of the molecule is CCCS(=O)(=O)CCN1CCCC(c2nc3ccc(C)cc3[nH]2)C1. The number of H-pyrrole nitrogens is 1. The van der Waals surface area contributed by atoms with E-state index in [1.54, 1.807) is 0 Å². The maximum atomic E-state index is 11.9. The van der Waals surface area contributed by atoms with E-state index < -0.39 is 9.84 Å². The van der Waals surface area contributed by atoms with Crippen molar-refractivity contribution in [1.82, 2.24) is 14.9 Å². The van der Waals surface area contributed by atoms with Crippen molar-refractivity contribution < 1.29 is 8.42 Å². The topological polar surface area (TPSA) is 66.1 Å². The summed E-state index contributed by atoms with van der Waals surface area (Å²) in [5, 5.41) is 0. The van der Waals surface area contributed by atoms with E-state index in [-0.39, 0.29) is 5.75 Å². The Labute approximate surface area is 144 Å². The molecule has 1 saturated heterocycles. The summed E-state index contributed by atoms with van der Waals surface area (Å²) in [6.07, 6.45) is 2.90. The number of nitrogens with one attached hydrogen (secondary N) is 1. The van der Waals surface area contributed by atoms with Crippen molar-refractivity contribution in [3.8, 4) is 0 Å². The number of imidazole rings is 1. The molecule has 1 atom stereocenters. The molecule has 1 N–H and O–H groups in total. The van der Waals surface area contributed by atoms with E-state index in [9.17, 15) is 8.42 Å². The highest BCUT2D eigenvalue weighted by atomic mass is 32.2. The first kappa shape index (κ1) is 17.4. The Balaban J connectivity index is 1.66. The molecule has 6 heteroatoms. The predicted octanol–water partition coefficient (Wildman–Crippen LogP) is 2.88. The molecule has 1 fully saturated rings. The van der Waals surface area contributed by atoms with Crippen LogP contribution in [0.4, 0.5) is 0 Å². The molecule has 1 aliphatic rings. The molecule has 0 spiro atoms. The zero-order chi connectivity index (χ0) is 17.2. The van der Waals surface area contributed by atoms with Gasteiger partial charge < -0.3 is 9.88 Å². The van der Waals surface area contributed by atoms with Crippen molar-refractivity contribution in [2.24, 2.45) is 0 Å². The van der Waals surface area contributed by atoms with Gasteiger partial charge in [-0.1, -0.05) is 13.0 Å². The van der Waals surface area contributed by atoms with Gasteiger partial charge in [-0.3, -0.25) is 0 Å². The number of aromatic amines is 1. The first-order valence-corrected chi connectivity index (χ1v) is 10.7. The maximum Gasteiger partial charge on any atom is 0.151 e. The molecule has 2 heterocycles. The number of aryl methyl sites for hydroxylation is 1. The quantitative estimate of drug-likeness (QED) is 0.871. The molecule has 132 valence electrons. The minimum atomic E-state index is -2.90. The molecule has 1 aromatic carbocycles. The Hall–Kier alpha value is -1.40. The highest BCUT2D eigenvalue weighted by Crippen LogP contribution is 2.27. The van der Waals surface area contributed by atoms with Crippen LogP contribution in [0, 0.1) is 6.92 Å². The molecule has 0 bridgehead atoms. The third-order valence-corrected chi connectivity index (χ3v) is 6.62. The predicted molar refractivity (Wildman–Crippen MR) is 98.2 cm³/mol. The lowest BCUT2D eigenvalue weighted by atomic mass is 9.97. The van der Waals surface area contributed by atoms with Crippen molar-refractivity contribution in [2.45, 2.75) is 39.0 Å². The number of aromatic nitrogens is 2. The number of benzene rings is 1. The van der Waals surface area contributed by atoms with Crippen LogP contribution in [-0.4, -0.2) is 54.4 Å². The standard InChI is InChI=1S/C18H27N3O2S/c1-3-10-24(22,23)11-9-21-8-4-5-15(13-21)18-19-16-7-6-14(2)12-17(16)20-18/h6-7,12,15H,3-5,8-11,13H2,1-2H3,(H,19,20). The maximum absolute atomic E-state index is 11.9. The van der Waals surface area contributed by atoms with Crippen molar-refractivity contribution in [3.05, 3.63) is 29.6 Å². The van der Waals surface area contributed by atoms with E-state index in [1.807, 2.05) is 6.92 Å². The molecule has 3 rings (SSSR count). The van der Waals surface area contributed by atoms with Gasteiger partial charge in [-0.05, 0) is 50.4 Å². The monoisotopic (exact) mass is 349 g/mol. The first-order valence-electron chi connectivity index (χ1n) is 8.86. The number of sulfone groups is 1. The second-order valence-corrected chi connectivity index (χ2v) is 9.24. The fourth-order valence-corrected chi connectivity index (χ4v) is 4.86. The van der Waals surface area contributed by atoms with E-state index in [2.05, 4.69) is 35.0 Å². The molecule has 2 aromatic rings.